The highest BCUT2D eigenvalue weighted by Gasteiger charge is 2.31. The van der Waals surface area contributed by atoms with Crippen molar-refractivity contribution in [3.05, 3.63) is 274 Å². The van der Waals surface area contributed by atoms with Crippen LogP contribution in [0.15, 0.2) is 212 Å². The molecule has 1 unspecified atom stereocenters. The molecule has 0 N–H and O–H groups in total. The van der Waals surface area contributed by atoms with E-state index in [0.29, 0.717) is 38.4 Å². The van der Waals surface area contributed by atoms with Gasteiger partial charge in [-0.25, -0.2) is 8.78 Å². The van der Waals surface area contributed by atoms with Crippen molar-refractivity contribution >= 4 is 90.7 Å². The van der Waals surface area contributed by atoms with Gasteiger partial charge in [0, 0.05) is 56.9 Å². The van der Waals surface area contributed by atoms with Gasteiger partial charge in [0.2, 0.25) is 0 Å². The highest BCUT2D eigenvalue weighted by atomic mass is 19.1. The van der Waals surface area contributed by atoms with E-state index in [1.807, 2.05) is 97.1 Å². The molecule has 1 atom stereocenters. The maximum absolute atomic E-state index is 17.5. The molecule has 0 heterocycles. The first-order valence-corrected chi connectivity index (χ1v) is 28.5. The Morgan fingerprint density at radius 2 is 0.902 bits per heavy atom. The lowest BCUT2D eigenvalue weighted by Gasteiger charge is -2.28. The van der Waals surface area contributed by atoms with Crippen molar-refractivity contribution in [3.8, 4) is 23.3 Å². The van der Waals surface area contributed by atoms with Crippen LogP contribution in [0.2, 0.25) is 0 Å². The van der Waals surface area contributed by atoms with Crippen LogP contribution in [0.25, 0.3) is 67.7 Å². The Bertz CT molecular complexity index is 4210. The highest BCUT2D eigenvalue weighted by molar-refractivity contribution is 6.24. The van der Waals surface area contributed by atoms with Crippen LogP contribution >= 0.6 is 0 Å². The molecule has 11 aromatic carbocycles. The summed E-state index contributed by atoms with van der Waals surface area (Å²) in [4.78, 5) is 4.45. The zero-order chi connectivity index (χ0) is 56.1. The average Bonchev–Trinajstić information content (AvgIpc) is 2.23. The summed E-state index contributed by atoms with van der Waals surface area (Å²) in [5.74, 6) is -0.424. The third-order valence-corrected chi connectivity index (χ3v) is 16.0. The van der Waals surface area contributed by atoms with Crippen molar-refractivity contribution in [2.24, 2.45) is 0 Å². The van der Waals surface area contributed by atoms with Gasteiger partial charge >= 0.3 is 0 Å². The maximum Gasteiger partial charge on any atom is 0.131 e. The molecule has 0 bridgehead atoms. The monoisotopic (exact) mass is 1070 g/mol. The number of anilines is 6. The summed E-state index contributed by atoms with van der Waals surface area (Å²) < 4.78 is 34.8. The topological polar surface area (TPSA) is 54.1 Å². The average molecular weight is 1070 g/mol. The third-order valence-electron chi connectivity index (χ3n) is 16.0. The van der Waals surface area contributed by atoms with Crippen LogP contribution in [0.5, 0.6) is 0 Å². The normalized spacial score (nSPS) is 12.9. The second-order valence-corrected chi connectivity index (χ2v) is 21.3. The van der Waals surface area contributed by atoms with Crippen molar-refractivity contribution in [2.45, 2.75) is 65.0 Å². The summed E-state index contributed by atoms with van der Waals surface area (Å²) in [6.45, 7) is 4.26. The molecule has 0 saturated carbocycles. The quantitative estimate of drug-likeness (QED) is 0.0715. The lowest BCUT2D eigenvalue weighted by atomic mass is 9.76. The Balaban J connectivity index is 1.09. The SMILES string of the molecule is CCCCc1cc(C#N)c2c(c1)C(F)Cc1c-2cc(/C=C/c2ccc(N(c3ccccc3)c3ccccc3)cc2)c2c1c(/C=C/c1ccc(N(c3ccccc3)c3ccccc3)cc1)cc1c2cc(F)c2cc(CCCC)cc(C#N)c21. The molecule has 0 radical (unpaired) electrons. The van der Waals surface area contributed by atoms with E-state index in [4.69, 9.17) is 0 Å². The molecule has 0 aliphatic heterocycles. The minimum absolute atomic E-state index is 0.0574. The zero-order valence-corrected chi connectivity index (χ0v) is 46.1. The van der Waals surface area contributed by atoms with Gasteiger partial charge in [-0.2, -0.15) is 10.5 Å². The number of aryl methyl sites for hydroxylation is 2. The fourth-order valence-electron chi connectivity index (χ4n) is 12.1. The highest BCUT2D eigenvalue weighted by Crippen LogP contribution is 2.50. The number of nitrogens with zero attached hydrogens (tertiary/aromatic N) is 4. The van der Waals surface area contributed by atoms with Crippen molar-refractivity contribution in [2.75, 3.05) is 9.80 Å². The maximum atomic E-state index is 17.5. The number of para-hydroxylation sites is 4. The number of fused-ring (bicyclic) bond motifs is 9. The van der Waals surface area contributed by atoms with Crippen LogP contribution in [-0.4, -0.2) is 0 Å². The minimum Gasteiger partial charge on any atom is -0.311 e. The first kappa shape index (κ1) is 52.8. The molecule has 1 aliphatic rings. The van der Waals surface area contributed by atoms with Gasteiger partial charge in [0.25, 0.3) is 0 Å². The lowest BCUT2D eigenvalue weighted by molar-refractivity contribution is 0.340. The summed E-state index contributed by atoms with van der Waals surface area (Å²) in [5.41, 5.74) is 14.9. The fourth-order valence-corrected chi connectivity index (χ4v) is 12.1. The van der Waals surface area contributed by atoms with Gasteiger partial charge in [0.1, 0.15) is 12.0 Å². The molecule has 4 nitrogen and oxygen atoms in total. The third kappa shape index (κ3) is 10.3. The van der Waals surface area contributed by atoms with Gasteiger partial charge < -0.3 is 9.80 Å². The molecule has 0 amide bonds. The number of nitriles is 2. The number of hydrogen-bond acceptors (Lipinski definition) is 4. The number of halogens is 2. The molecule has 0 aromatic heterocycles. The van der Waals surface area contributed by atoms with Crippen molar-refractivity contribution < 1.29 is 8.78 Å². The van der Waals surface area contributed by atoms with Crippen LogP contribution in [-0.2, 0) is 19.3 Å². The number of benzene rings is 11. The Labute approximate surface area is 479 Å². The van der Waals surface area contributed by atoms with Gasteiger partial charge in [-0.3, -0.25) is 0 Å². The van der Waals surface area contributed by atoms with E-state index in [1.54, 1.807) is 6.07 Å². The number of rotatable bonds is 16. The lowest BCUT2D eigenvalue weighted by Crippen LogP contribution is -2.12. The Morgan fingerprint density at radius 3 is 1.38 bits per heavy atom. The Kier molecular flexibility index (Phi) is 15.1. The van der Waals surface area contributed by atoms with Gasteiger partial charge in [-0.05, 0) is 206 Å². The number of hydrogen-bond donors (Lipinski definition) is 0. The number of alkyl halides is 1. The Hall–Kier alpha value is -9.88. The summed E-state index contributed by atoms with van der Waals surface area (Å²) in [6.07, 6.45) is 12.2. The van der Waals surface area contributed by atoms with Crippen LogP contribution in [0.3, 0.4) is 0 Å². The molecule has 0 saturated heterocycles. The fraction of sp³-hybridized carbons (Fsp3) is 0.132. The van der Waals surface area contributed by atoms with E-state index in [1.165, 1.54) is 0 Å². The van der Waals surface area contributed by atoms with Crippen LogP contribution in [0.1, 0.15) is 101 Å². The molecular formula is C76H60F2N4. The van der Waals surface area contributed by atoms with Gasteiger partial charge in [0.05, 0.1) is 23.3 Å². The molecule has 11 aromatic rings. The predicted octanol–water partition coefficient (Wildman–Crippen LogP) is 21.2. The molecular weight excluding hydrogens is 1010 g/mol. The van der Waals surface area contributed by atoms with Crippen molar-refractivity contribution in [1.82, 2.24) is 0 Å². The first-order chi connectivity index (χ1) is 40.3. The van der Waals surface area contributed by atoms with Crippen LogP contribution in [0.4, 0.5) is 42.9 Å². The van der Waals surface area contributed by atoms with E-state index in [-0.39, 0.29) is 6.42 Å². The zero-order valence-electron chi connectivity index (χ0n) is 46.1. The van der Waals surface area contributed by atoms with E-state index >= 15 is 8.78 Å². The molecule has 0 spiro atoms. The van der Waals surface area contributed by atoms with E-state index < -0.39 is 12.0 Å². The van der Waals surface area contributed by atoms with E-state index in [0.717, 1.165) is 133 Å². The van der Waals surface area contributed by atoms with Crippen LogP contribution < -0.4 is 9.80 Å². The molecule has 12 rings (SSSR count). The van der Waals surface area contributed by atoms with E-state index in [9.17, 15) is 10.5 Å². The molecule has 1 aliphatic carbocycles. The summed E-state index contributed by atoms with van der Waals surface area (Å²) in [7, 11) is 0. The Morgan fingerprint density at radius 1 is 0.463 bits per heavy atom. The number of unbranched alkanes of at least 4 members (excludes halogenated alkanes) is 2. The summed E-state index contributed by atoms with van der Waals surface area (Å²) in [5, 5.41) is 25.7. The van der Waals surface area contributed by atoms with Crippen molar-refractivity contribution in [3.63, 3.8) is 0 Å². The first-order valence-electron chi connectivity index (χ1n) is 28.5. The van der Waals surface area contributed by atoms with Crippen molar-refractivity contribution in [1.29, 1.82) is 10.5 Å². The minimum atomic E-state index is -1.40. The standard InChI is InChI=1S/C76H60F2N4/c1-3-5-19-53-41-57(49-79)73-65-45-55(35-29-51-31-37-63(38-32-51)81(59-21-11-7-12-22-59)60-23-13-8-14-24-60)76-68-48-72(78)70-44-54(20-6-4-2)42-58(50-80)74(70)66(68)46-56(75(76)67(65)47-71(77)69(73)43-53)36-30-52-33-39-64(40-34-52)82(61-25-15-9-16-26-61)62-27-17-10-18-28-62/h7-18,21-47,72H,3-6,19-20,48H2,1-2H3/b35-29+,36-30+. The smallest absolute Gasteiger partial charge is 0.131 e. The van der Waals surface area contributed by atoms with Gasteiger partial charge in [-0.15, -0.1) is 0 Å². The molecule has 6 heteroatoms. The van der Waals surface area contributed by atoms with E-state index in [2.05, 4.69) is 169 Å². The second kappa shape index (κ2) is 23.4. The summed E-state index contributed by atoms with van der Waals surface area (Å²) in [6, 6.07) is 76.5. The molecule has 0 fully saturated rings. The van der Waals surface area contributed by atoms with Gasteiger partial charge in [0.15, 0.2) is 0 Å². The largest absolute Gasteiger partial charge is 0.311 e. The van der Waals surface area contributed by atoms with Gasteiger partial charge in [-0.1, -0.05) is 154 Å². The second-order valence-electron chi connectivity index (χ2n) is 21.3. The van der Waals surface area contributed by atoms with Crippen LogP contribution in [0, 0.1) is 28.5 Å². The predicted molar refractivity (Wildman–Crippen MR) is 339 cm³/mol. The summed E-state index contributed by atoms with van der Waals surface area (Å²) >= 11 is 0. The molecule has 398 valence electrons. The molecule has 82 heavy (non-hydrogen) atoms.